The summed E-state index contributed by atoms with van der Waals surface area (Å²) in [5, 5.41) is 0. The minimum Gasteiger partial charge on any atom is -0.366 e. The van der Waals surface area contributed by atoms with Gasteiger partial charge in [-0.05, 0) is 54.8 Å². The molecule has 3 nitrogen and oxygen atoms in total. The molecule has 1 aliphatic rings. The van der Waals surface area contributed by atoms with Gasteiger partial charge in [-0.2, -0.15) is 0 Å². The topological polar surface area (TPSA) is 46.3 Å². The fourth-order valence-electron chi connectivity index (χ4n) is 3.92. The van der Waals surface area contributed by atoms with E-state index in [1.807, 2.05) is 18.2 Å². The number of carbonyl (C=O) groups is 1. The number of amides is 1. The standard InChI is InChI=1S/C23H30N2O/c1-25(15-14-18-6-3-2-4-7-18)17-19-10-12-20(13-11-19)21-8-5-9-22(16-21)23(24)26/h5,8-13,16,18H,2-4,6-7,14-15,17H2,1H3,(H2,24,26). The van der Waals surface area contributed by atoms with E-state index in [1.54, 1.807) is 6.07 Å². The zero-order valence-corrected chi connectivity index (χ0v) is 15.8. The second-order valence-corrected chi connectivity index (χ2v) is 7.67. The molecule has 3 rings (SSSR count). The summed E-state index contributed by atoms with van der Waals surface area (Å²) in [6, 6.07) is 16.1. The largest absolute Gasteiger partial charge is 0.366 e. The summed E-state index contributed by atoms with van der Waals surface area (Å²) in [5.74, 6) is 0.550. The van der Waals surface area contributed by atoms with Crippen molar-refractivity contribution in [2.24, 2.45) is 11.7 Å². The molecule has 26 heavy (non-hydrogen) atoms. The van der Waals surface area contributed by atoms with Crippen LogP contribution in [0.4, 0.5) is 0 Å². The smallest absolute Gasteiger partial charge is 0.248 e. The molecule has 2 aromatic carbocycles. The van der Waals surface area contributed by atoms with Gasteiger partial charge in [-0.1, -0.05) is 68.5 Å². The predicted octanol–water partition coefficient (Wildman–Crippen LogP) is 4.85. The lowest BCUT2D eigenvalue weighted by molar-refractivity contribution is 0.100. The fraction of sp³-hybridized carbons (Fsp3) is 0.435. The van der Waals surface area contributed by atoms with Crippen LogP contribution in [0.2, 0.25) is 0 Å². The summed E-state index contributed by atoms with van der Waals surface area (Å²) in [6.07, 6.45) is 8.45. The third-order valence-corrected chi connectivity index (χ3v) is 5.53. The Hall–Kier alpha value is -2.13. The van der Waals surface area contributed by atoms with E-state index in [9.17, 15) is 4.79 Å². The second kappa shape index (κ2) is 9.00. The van der Waals surface area contributed by atoms with Crippen LogP contribution in [-0.4, -0.2) is 24.4 Å². The number of nitrogens with two attached hydrogens (primary N) is 1. The number of rotatable bonds is 7. The summed E-state index contributed by atoms with van der Waals surface area (Å²) in [6.45, 7) is 2.15. The summed E-state index contributed by atoms with van der Waals surface area (Å²) < 4.78 is 0. The van der Waals surface area contributed by atoms with E-state index in [1.165, 1.54) is 50.6 Å². The van der Waals surface area contributed by atoms with E-state index in [0.29, 0.717) is 5.56 Å². The molecule has 2 aromatic rings. The Labute approximate surface area is 157 Å². The van der Waals surface area contributed by atoms with E-state index in [-0.39, 0.29) is 5.91 Å². The third-order valence-electron chi connectivity index (χ3n) is 5.53. The maximum Gasteiger partial charge on any atom is 0.248 e. The van der Waals surface area contributed by atoms with E-state index in [4.69, 9.17) is 5.73 Å². The van der Waals surface area contributed by atoms with Crippen molar-refractivity contribution in [2.75, 3.05) is 13.6 Å². The molecule has 0 bridgehead atoms. The van der Waals surface area contributed by atoms with Crippen LogP contribution in [0.3, 0.4) is 0 Å². The molecule has 2 N–H and O–H groups in total. The Morgan fingerprint density at radius 3 is 2.46 bits per heavy atom. The van der Waals surface area contributed by atoms with Gasteiger partial charge in [-0.15, -0.1) is 0 Å². The van der Waals surface area contributed by atoms with Crippen LogP contribution in [-0.2, 0) is 6.54 Å². The summed E-state index contributed by atoms with van der Waals surface area (Å²) in [7, 11) is 2.22. The molecule has 1 amide bonds. The van der Waals surface area contributed by atoms with Gasteiger partial charge < -0.3 is 10.6 Å². The average molecular weight is 351 g/mol. The molecule has 1 saturated carbocycles. The van der Waals surface area contributed by atoms with Gasteiger partial charge in [0.05, 0.1) is 0 Å². The lowest BCUT2D eigenvalue weighted by Crippen LogP contribution is -2.22. The molecule has 1 aliphatic carbocycles. The lowest BCUT2D eigenvalue weighted by atomic mass is 9.87. The first-order valence-corrected chi connectivity index (χ1v) is 9.79. The zero-order chi connectivity index (χ0) is 18.4. The highest BCUT2D eigenvalue weighted by Gasteiger charge is 2.14. The summed E-state index contributed by atoms with van der Waals surface area (Å²) in [5.41, 5.74) is 9.39. The van der Waals surface area contributed by atoms with Gasteiger partial charge in [0.1, 0.15) is 0 Å². The molecule has 0 unspecified atom stereocenters. The van der Waals surface area contributed by atoms with Crippen LogP contribution in [0.1, 0.15) is 54.4 Å². The molecule has 3 heteroatoms. The SMILES string of the molecule is CN(CCC1CCCCC1)Cc1ccc(-c2cccc(C(N)=O)c2)cc1. The van der Waals surface area contributed by atoms with Gasteiger partial charge in [0, 0.05) is 12.1 Å². The quantitative estimate of drug-likeness (QED) is 0.775. The van der Waals surface area contributed by atoms with Gasteiger partial charge >= 0.3 is 0 Å². The maximum absolute atomic E-state index is 11.4. The van der Waals surface area contributed by atoms with Crippen molar-refractivity contribution in [3.63, 3.8) is 0 Å². The van der Waals surface area contributed by atoms with Gasteiger partial charge in [0.25, 0.3) is 0 Å². The van der Waals surface area contributed by atoms with Crippen LogP contribution in [0, 0.1) is 5.92 Å². The average Bonchev–Trinajstić information content (AvgIpc) is 2.68. The van der Waals surface area contributed by atoms with Gasteiger partial charge in [0.15, 0.2) is 0 Å². The first-order valence-electron chi connectivity index (χ1n) is 9.79. The molecule has 138 valence electrons. The van der Waals surface area contributed by atoms with E-state index >= 15 is 0 Å². The minimum atomic E-state index is -0.386. The summed E-state index contributed by atoms with van der Waals surface area (Å²) in [4.78, 5) is 13.8. The van der Waals surface area contributed by atoms with Gasteiger partial charge in [0.2, 0.25) is 5.91 Å². The Kier molecular flexibility index (Phi) is 6.45. The van der Waals surface area contributed by atoms with E-state index < -0.39 is 0 Å². The minimum absolute atomic E-state index is 0.386. The van der Waals surface area contributed by atoms with Crippen LogP contribution in [0.15, 0.2) is 48.5 Å². The Balaban J connectivity index is 1.55. The van der Waals surface area contributed by atoms with Crippen molar-refractivity contribution in [3.8, 4) is 11.1 Å². The van der Waals surface area contributed by atoms with Crippen molar-refractivity contribution >= 4 is 5.91 Å². The first kappa shape index (κ1) is 18.7. The summed E-state index contributed by atoms with van der Waals surface area (Å²) >= 11 is 0. The van der Waals surface area contributed by atoms with Crippen molar-refractivity contribution in [1.82, 2.24) is 4.90 Å². The molecule has 0 heterocycles. The van der Waals surface area contributed by atoms with Crippen molar-refractivity contribution in [2.45, 2.75) is 45.1 Å². The normalized spacial score (nSPS) is 15.3. The molecular formula is C23H30N2O. The lowest BCUT2D eigenvalue weighted by Gasteiger charge is -2.24. The highest BCUT2D eigenvalue weighted by molar-refractivity contribution is 5.94. The van der Waals surface area contributed by atoms with Gasteiger partial charge in [-0.25, -0.2) is 0 Å². The van der Waals surface area contributed by atoms with Crippen LogP contribution in [0.5, 0.6) is 0 Å². The van der Waals surface area contributed by atoms with Crippen LogP contribution >= 0.6 is 0 Å². The highest BCUT2D eigenvalue weighted by Crippen LogP contribution is 2.26. The first-order chi connectivity index (χ1) is 12.6. The molecule has 0 aliphatic heterocycles. The number of hydrogen-bond acceptors (Lipinski definition) is 2. The van der Waals surface area contributed by atoms with Crippen LogP contribution < -0.4 is 5.73 Å². The zero-order valence-electron chi connectivity index (χ0n) is 15.8. The van der Waals surface area contributed by atoms with Crippen molar-refractivity contribution in [3.05, 3.63) is 59.7 Å². The fourth-order valence-corrected chi connectivity index (χ4v) is 3.92. The molecule has 0 aromatic heterocycles. The number of benzene rings is 2. The monoisotopic (exact) mass is 350 g/mol. The molecule has 0 spiro atoms. The Bertz CT molecular complexity index is 717. The third kappa shape index (κ3) is 5.18. The van der Waals surface area contributed by atoms with E-state index in [2.05, 4.69) is 36.2 Å². The maximum atomic E-state index is 11.4. The molecule has 0 saturated heterocycles. The molecule has 0 radical (unpaired) electrons. The number of carbonyl (C=O) groups excluding carboxylic acids is 1. The van der Waals surface area contributed by atoms with E-state index in [0.717, 1.165) is 23.6 Å². The highest BCUT2D eigenvalue weighted by atomic mass is 16.1. The molecule has 0 atom stereocenters. The van der Waals surface area contributed by atoms with Crippen molar-refractivity contribution < 1.29 is 4.79 Å². The number of nitrogens with zero attached hydrogens (tertiary/aromatic N) is 1. The predicted molar refractivity (Wildman–Crippen MR) is 108 cm³/mol. The molecule has 1 fully saturated rings. The molecular weight excluding hydrogens is 320 g/mol. The van der Waals surface area contributed by atoms with Crippen molar-refractivity contribution in [1.29, 1.82) is 0 Å². The number of primary amides is 1. The second-order valence-electron chi connectivity index (χ2n) is 7.67. The van der Waals surface area contributed by atoms with Crippen LogP contribution in [0.25, 0.3) is 11.1 Å². The van der Waals surface area contributed by atoms with Gasteiger partial charge in [-0.3, -0.25) is 4.79 Å². The Morgan fingerprint density at radius 2 is 1.77 bits per heavy atom. The number of hydrogen-bond donors (Lipinski definition) is 1. The Morgan fingerprint density at radius 1 is 1.04 bits per heavy atom.